The lowest BCUT2D eigenvalue weighted by atomic mass is 10.2. The second-order valence-corrected chi connectivity index (χ2v) is 8.00. The number of amides is 2. The normalized spacial score (nSPS) is 10.3. The van der Waals surface area contributed by atoms with Gasteiger partial charge < -0.3 is 19.8 Å². The summed E-state index contributed by atoms with van der Waals surface area (Å²) in [5.74, 6) is 0.783. The van der Waals surface area contributed by atoms with Crippen molar-refractivity contribution in [2.45, 2.75) is 19.9 Å². The largest absolute Gasteiger partial charge is 0.492 e. The van der Waals surface area contributed by atoms with Crippen LogP contribution in [0.5, 0.6) is 5.75 Å². The number of anilines is 1. The summed E-state index contributed by atoms with van der Waals surface area (Å²) in [6.45, 7) is 2.93. The number of rotatable bonds is 8. The Morgan fingerprint density at radius 1 is 1.06 bits per heavy atom. The fourth-order valence-corrected chi connectivity index (χ4v) is 3.40. The highest BCUT2D eigenvalue weighted by molar-refractivity contribution is 9.10. The van der Waals surface area contributed by atoms with Crippen molar-refractivity contribution in [3.05, 3.63) is 82.2 Å². The third kappa shape index (κ3) is 6.66. The molecule has 3 rings (SSSR count). The number of thiocarbonyl (C=S) groups is 1. The maximum absolute atomic E-state index is 12.5. The Bertz CT molecular complexity index is 1090. The molecular formula is C23H22BrN3O4S. The number of halogens is 1. The van der Waals surface area contributed by atoms with Gasteiger partial charge in [-0.15, -0.1) is 0 Å². The van der Waals surface area contributed by atoms with Crippen molar-refractivity contribution in [1.82, 2.24) is 10.6 Å². The molecule has 7 nitrogen and oxygen atoms in total. The number of carbonyl (C=O) groups excluding carboxylic acids is 2. The zero-order chi connectivity index (χ0) is 22.9. The van der Waals surface area contributed by atoms with Gasteiger partial charge in [-0.2, -0.15) is 0 Å². The summed E-state index contributed by atoms with van der Waals surface area (Å²) >= 11 is 8.65. The molecule has 1 heterocycles. The van der Waals surface area contributed by atoms with Gasteiger partial charge in [0, 0.05) is 16.8 Å². The summed E-state index contributed by atoms with van der Waals surface area (Å²) in [5.41, 5.74) is 1.57. The zero-order valence-corrected chi connectivity index (χ0v) is 19.7. The number of furan rings is 1. The Morgan fingerprint density at radius 2 is 1.81 bits per heavy atom. The summed E-state index contributed by atoms with van der Waals surface area (Å²) in [4.78, 5) is 24.7. The molecule has 9 heteroatoms. The molecule has 0 bridgehead atoms. The van der Waals surface area contributed by atoms with Crippen LogP contribution in [0.15, 0.2) is 69.8 Å². The molecule has 0 atom stereocenters. The Labute approximate surface area is 199 Å². The van der Waals surface area contributed by atoms with Crippen molar-refractivity contribution in [2.75, 3.05) is 11.9 Å². The Hall–Kier alpha value is -3.17. The summed E-state index contributed by atoms with van der Waals surface area (Å²) in [5, 5.41) is 8.49. The summed E-state index contributed by atoms with van der Waals surface area (Å²) < 4.78 is 11.5. The van der Waals surface area contributed by atoms with Crippen LogP contribution in [0.3, 0.4) is 0 Å². The molecular weight excluding hydrogens is 494 g/mol. The molecule has 3 aromatic rings. The van der Waals surface area contributed by atoms with Crippen LogP contribution in [0.25, 0.3) is 0 Å². The van der Waals surface area contributed by atoms with Gasteiger partial charge >= 0.3 is 0 Å². The highest BCUT2D eigenvalue weighted by Crippen LogP contribution is 2.26. The van der Waals surface area contributed by atoms with Gasteiger partial charge in [0.15, 0.2) is 5.11 Å². The molecule has 0 aliphatic carbocycles. The first-order valence-corrected chi connectivity index (χ1v) is 11.1. The van der Waals surface area contributed by atoms with Gasteiger partial charge in [-0.3, -0.25) is 14.9 Å². The fourth-order valence-electron chi connectivity index (χ4n) is 2.70. The van der Waals surface area contributed by atoms with Crippen molar-refractivity contribution < 1.29 is 18.7 Å². The average Bonchev–Trinajstić information content (AvgIpc) is 3.30. The van der Waals surface area contributed by atoms with Gasteiger partial charge in [-0.05, 0) is 89.2 Å². The van der Waals surface area contributed by atoms with E-state index in [-0.39, 0.29) is 16.9 Å². The van der Waals surface area contributed by atoms with Crippen LogP contribution in [0, 0.1) is 0 Å². The maximum atomic E-state index is 12.5. The third-order valence-electron chi connectivity index (χ3n) is 4.29. The Balaban J connectivity index is 1.51. The van der Waals surface area contributed by atoms with Crippen LogP contribution < -0.4 is 20.7 Å². The minimum Gasteiger partial charge on any atom is -0.492 e. The highest BCUT2D eigenvalue weighted by Gasteiger charge is 2.12. The average molecular weight is 516 g/mol. The molecule has 0 spiro atoms. The van der Waals surface area contributed by atoms with E-state index < -0.39 is 0 Å². The standard InChI is InChI=1S/C23H22BrN3O4S/c1-2-11-31-20-10-7-16(13-19(20)24)22(29)27-23(32)26-17-8-5-15(6-9-17)21(28)25-14-18-4-3-12-30-18/h3-10,12-13H,2,11,14H2,1H3,(H,25,28)(H2,26,27,29,32). The number of hydrogen-bond donors (Lipinski definition) is 3. The zero-order valence-electron chi connectivity index (χ0n) is 17.3. The SMILES string of the molecule is CCCOc1ccc(C(=O)NC(=S)Nc2ccc(C(=O)NCc3ccco3)cc2)cc1Br. The smallest absolute Gasteiger partial charge is 0.257 e. The van der Waals surface area contributed by atoms with E-state index in [0.717, 1.165) is 6.42 Å². The van der Waals surface area contributed by atoms with E-state index in [1.807, 2.05) is 6.92 Å². The minimum atomic E-state index is -0.348. The molecule has 2 aromatic carbocycles. The lowest BCUT2D eigenvalue weighted by molar-refractivity contribution is 0.0946. The highest BCUT2D eigenvalue weighted by atomic mass is 79.9. The molecule has 0 aliphatic heterocycles. The summed E-state index contributed by atoms with van der Waals surface area (Å²) in [6, 6.07) is 15.4. The topological polar surface area (TPSA) is 92.6 Å². The van der Waals surface area contributed by atoms with Crippen molar-refractivity contribution in [3.63, 3.8) is 0 Å². The Kier molecular flexibility index (Phi) is 8.41. The van der Waals surface area contributed by atoms with Crippen LogP contribution in [0.2, 0.25) is 0 Å². The Morgan fingerprint density at radius 3 is 2.47 bits per heavy atom. The van der Waals surface area contributed by atoms with Gasteiger partial charge in [-0.1, -0.05) is 6.92 Å². The predicted octanol–water partition coefficient (Wildman–Crippen LogP) is 4.89. The predicted molar refractivity (Wildman–Crippen MR) is 130 cm³/mol. The summed E-state index contributed by atoms with van der Waals surface area (Å²) in [7, 11) is 0. The van der Waals surface area contributed by atoms with E-state index >= 15 is 0 Å². The van der Waals surface area contributed by atoms with E-state index in [0.29, 0.717) is 45.9 Å². The van der Waals surface area contributed by atoms with Crippen molar-refractivity contribution in [1.29, 1.82) is 0 Å². The van der Waals surface area contributed by atoms with Crippen LogP contribution in [0.4, 0.5) is 5.69 Å². The van der Waals surface area contributed by atoms with Gasteiger partial charge in [0.25, 0.3) is 11.8 Å². The van der Waals surface area contributed by atoms with Gasteiger partial charge in [-0.25, -0.2) is 0 Å². The van der Waals surface area contributed by atoms with Crippen LogP contribution in [0.1, 0.15) is 39.8 Å². The molecule has 0 saturated heterocycles. The quantitative estimate of drug-likeness (QED) is 0.370. The number of benzene rings is 2. The number of hydrogen-bond acceptors (Lipinski definition) is 5. The molecule has 32 heavy (non-hydrogen) atoms. The molecule has 2 amide bonds. The second-order valence-electron chi connectivity index (χ2n) is 6.74. The molecule has 0 aliphatic rings. The van der Waals surface area contributed by atoms with Crippen LogP contribution >= 0.6 is 28.1 Å². The van der Waals surface area contributed by atoms with E-state index in [4.69, 9.17) is 21.4 Å². The lowest BCUT2D eigenvalue weighted by Gasteiger charge is -2.12. The molecule has 1 aromatic heterocycles. The van der Waals surface area contributed by atoms with Crippen LogP contribution in [-0.2, 0) is 6.54 Å². The summed E-state index contributed by atoms with van der Waals surface area (Å²) in [6.07, 6.45) is 2.45. The first-order valence-electron chi connectivity index (χ1n) is 9.91. The molecule has 0 radical (unpaired) electrons. The maximum Gasteiger partial charge on any atom is 0.257 e. The van der Waals surface area contributed by atoms with E-state index in [1.165, 1.54) is 0 Å². The lowest BCUT2D eigenvalue weighted by Crippen LogP contribution is -2.34. The van der Waals surface area contributed by atoms with Crippen molar-refractivity contribution in [2.24, 2.45) is 0 Å². The van der Waals surface area contributed by atoms with Crippen molar-refractivity contribution in [3.8, 4) is 5.75 Å². The fraction of sp³-hybridized carbons (Fsp3) is 0.174. The molecule has 0 unspecified atom stereocenters. The molecule has 166 valence electrons. The van der Waals surface area contributed by atoms with Gasteiger partial charge in [0.1, 0.15) is 11.5 Å². The van der Waals surface area contributed by atoms with Crippen molar-refractivity contribution >= 4 is 50.8 Å². The minimum absolute atomic E-state index is 0.146. The molecule has 3 N–H and O–H groups in total. The molecule has 0 fully saturated rings. The van der Waals surface area contributed by atoms with E-state index in [9.17, 15) is 9.59 Å². The monoisotopic (exact) mass is 515 g/mol. The van der Waals surface area contributed by atoms with E-state index in [2.05, 4.69) is 31.9 Å². The van der Waals surface area contributed by atoms with Gasteiger partial charge in [0.2, 0.25) is 0 Å². The first kappa shape index (κ1) is 23.5. The van der Waals surface area contributed by atoms with Gasteiger partial charge in [0.05, 0.1) is 23.9 Å². The molecule has 0 saturated carbocycles. The first-order chi connectivity index (χ1) is 15.5. The van der Waals surface area contributed by atoms with Crippen LogP contribution in [-0.4, -0.2) is 23.5 Å². The number of carbonyl (C=O) groups is 2. The van der Waals surface area contributed by atoms with E-state index in [1.54, 1.807) is 60.9 Å². The third-order valence-corrected chi connectivity index (χ3v) is 5.11. The second kappa shape index (κ2) is 11.4. The number of nitrogens with one attached hydrogen (secondary N) is 3. The number of ether oxygens (including phenoxy) is 1.